The first kappa shape index (κ1) is 9.21. The van der Waals surface area contributed by atoms with E-state index in [2.05, 4.69) is 10.1 Å². The van der Waals surface area contributed by atoms with Crippen molar-refractivity contribution in [2.24, 2.45) is 0 Å². The molecule has 0 N–H and O–H groups in total. The van der Waals surface area contributed by atoms with Crippen molar-refractivity contribution in [1.82, 2.24) is 14.8 Å². The third-order valence-corrected chi connectivity index (χ3v) is 2.21. The lowest BCUT2D eigenvalue weighted by Crippen LogP contribution is -1.98. The monoisotopic (exact) mass is 207 g/mol. The Morgan fingerprint density at radius 1 is 1.29 bits per heavy atom. The molecule has 0 saturated carbocycles. The molecule has 0 fully saturated rings. The minimum Gasteiger partial charge on any atom is -0.244 e. The third kappa shape index (κ3) is 1.63. The largest absolute Gasteiger partial charge is 0.244 e. The number of rotatable bonds is 1. The second-order valence-electron chi connectivity index (χ2n) is 3.26. The number of aromatic nitrogens is 3. The Bertz CT molecular complexity index is 462. The van der Waals surface area contributed by atoms with Crippen molar-refractivity contribution < 1.29 is 0 Å². The van der Waals surface area contributed by atoms with Gasteiger partial charge >= 0.3 is 0 Å². The molecule has 2 aromatic heterocycles. The molecule has 0 unspecified atom stereocenters. The number of hydrogen-bond donors (Lipinski definition) is 0. The lowest BCUT2D eigenvalue weighted by atomic mass is 10.2. The van der Waals surface area contributed by atoms with E-state index in [0.717, 1.165) is 16.8 Å². The van der Waals surface area contributed by atoms with Crippen molar-refractivity contribution in [3.8, 4) is 5.69 Å². The highest BCUT2D eigenvalue weighted by Crippen LogP contribution is 2.16. The van der Waals surface area contributed by atoms with Gasteiger partial charge in [0.15, 0.2) is 0 Å². The summed E-state index contributed by atoms with van der Waals surface area (Å²) in [4.78, 5) is 4.00. The van der Waals surface area contributed by atoms with Crippen LogP contribution in [-0.4, -0.2) is 14.8 Å². The molecule has 0 aliphatic carbocycles. The molecule has 14 heavy (non-hydrogen) atoms. The van der Waals surface area contributed by atoms with Crippen LogP contribution in [0.3, 0.4) is 0 Å². The van der Waals surface area contributed by atoms with Crippen LogP contribution in [0.2, 0.25) is 5.15 Å². The Hall–Kier alpha value is -1.35. The van der Waals surface area contributed by atoms with Crippen LogP contribution in [0.15, 0.2) is 24.7 Å². The molecule has 0 aliphatic rings. The molecule has 0 amide bonds. The zero-order valence-corrected chi connectivity index (χ0v) is 8.78. The summed E-state index contributed by atoms with van der Waals surface area (Å²) < 4.78 is 1.80. The van der Waals surface area contributed by atoms with E-state index in [1.807, 2.05) is 32.3 Å². The van der Waals surface area contributed by atoms with Gasteiger partial charge in [0.05, 0.1) is 11.9 Å². The van der Waals surface area contributed by atoms with Crippen molar-refractivity contribution in [3.05, 3.63) is 40.9 Å². The number of nitrogens with zero attached hydrogens (tertiary/aromatic N) is 3. The van der Waals surface area contributed by atoms with E-state index in [4.69, 9.17) is 11.6 Å². The summed E-state index contributed by atoms with van der Waals surface area (Å²) in [5.74, 6) is 0. The van der Waals surface area contributed by atoms with Crippen molar-refractivity contribution >= 4 is 11.6 Å². The highest BCUT2D eigenvalue weighted by Gasteiger charge is 2.03. The summed E-state index contributed by atoms with van der Waals surface area (Å²) in [5, 5.41) is 4.70. The molecule has 0 bridgehead atoms. The Kier molecular flexibility index (Phi) is 2.25. The van der Waals surface area contributed by atoms with Gasteiger partial charge in [-0.1, -0.05) is 11.6 Å². The fourth-order valence-corrected chi connectivity index (χ4v) is 1.43. The topological polar surface area (TPSA) is 30.7 Å². The predicted molar refractivity (Wildman–Crippen MR) is 55.8 cm³/mol. The van der Waals surface area contributed by atoms with Gasteiger partial charge in [-0.15, -0.1) is 0 Å². The van der Waals surface area contributed by atoms with Crippen LogP contribution in [0.1, 0.15) is 11.1 Å². The minimum atomic E-state index is 0.485. The summed E-state index contributed by atoms with van der Waals surface area (Å²) in [6, 6.07) is 1.81. The maximum atomic E-state index is 5.82. The van der Waals surface area contributed by atoms with E-state index < -0.39 is 0 Å². The maximum absolute atomic E-state index is 5.82. The van der Waals surface area contributed by atoms with Gasteiger partial charge in [0, 0.05) is 18.5 Å². The maximum Gasteiger partial charge on any atom is 0.131 e. The first-order valence-electron chi connectivity index (χ1n) is 4.30. The lowest BCUT2D eigenvalue weighted by Gasteiger charge is -2.04. The summed E-state index contributed by atoms with van der Waals surface area (Å²) in [7, 11) is 0. The SMILES string of the molecule is Cc1cnn(-c2cc(Cl)ncc2C)c1. The predicted octanol–water partition coefficient (Wildman–Crippen LogP) is 2.54. The van der Waals surface area contributed by atoms with Crippen LogP contribution in [-0.2, 0) is 0 Å². The molecule has 2 heterocycles. The number of pyridine rings is 1. The molecule has 2 aromatic rings. The van der Waals surface area contributed by atoms with E-state index in [1.165, 1.54) is 0 Å². The van der Waals surface area contributed by atoms with Crippen LogP contribution in [0, 0.1) is 13.8 Å². The van der Waals surface area contributed by atoms with Crippen molar-refractivity contribution in [1.29, 1.82) is 0 Å². The van der Waals surface area contributed by atoms with Crippen LogP contribution < -0.4 is 0 Å². The Morgan fingerprint density at radius 2 is 2.07 bits per heavy atom. The zero-order chi connectivity index (χ0) is 10.1. The second kappa shape index (κ2) is 3.42. The van der Waals surface area contributed by atoms with Gasteiger partial charge in [-0.3, -0.25) is 0 Å². The van der Waals surface area contributed by atoms with Crippen LogP contribution in [0.5, 0.6) is 0 Å². The summed E-state index contributed by atoms with van der Waals surface area (Å²) in [6.07, 6.45) is 5.51. The third-order valence-electron chi connectivity index (χ3n) is 2.00. The first-order chi connectivity index (χ1) is 6.66. The van der Waals surface area contributed by atoms with Gasteiger partial charge in [0.1, 0.15) is 5.15 Å². The fourth-order valence-electron chi connectivity index (χ4n) is 1.28. The average molecular weight is 208 g/mol. The molecule has 0 aliphatic heterocycles. The van der Waals surface area contributed by atoms with E-state index in [9.17, 15) is 0 Å². The van der Waals surface area contributed by atoms with E-state index in [1.54, 1.807) is 10.9 Å². The molecule has 3 nitrogen and oxygen atoms in total. The number of hydrogen-bond acceptors (Lipinski definition) is 2. The fraction of sp³-hybridized carbons (Fsp3) is 0.200. The van der Waals surface area contributed by atoms with E-state index >= 15 is 0 Å². The zero-order valence-electron chi connectivity index (χ0n) is 8.03. The van der Waals surface area contributed by atoms with E-state index in [0.29, 0.717) is 5.15 Å². The van der Waals surface area contributed by atoms with Crippen LogP contribution in [0.4, 0.5) is 0 Å². The quantitative estimate of drug-likeness (QED) is 0.673. The molecule has 0 aromatic carbocycles. The molecule has 0 atom stereocenters. The van der Waals surface area contributed by atoms with Crippen molar-refractivity contribution in [2.45, 2.75) is 13.8 Å². The molecule has 4 heteroatoms. The van der Waals surface area contributed by atoms with Gasteiger partial charge in [-0.2, -0.15) is 5.10 Å². The van der Waals surface area contributed by atoms with Gasteiger partial charge < -0.3 is 0 Å². The Balaban J connectivity index is 2.55. The number of aryl methyl sites for hydroxylation is 2. The number of halogens is 1. The van der Waals surface area contributed by atoms with Gasteiger partial charge in [0.2, 0.25) is 0 Å². The smallest absolute Gasteiger partial charge is 0.131 e. The molecule has 0 spiro atoms. The van der Waals surface area contributed by atoms with Gasteiger partial charge in [0.25, 0.3) is 0 Å². The summed E-state index contributed by atoms with van der Waals surface area (Å²) in [5.41, 5.74) is 3.15. The van der Waals surface area contributed by atoms with Crippen molar-refractivity contribution in [2.75, 3.05) is 0 Å². The Morgan fingerprint density at radius 3 is 2.71 bits per heavy atom. The normalized spacial score (nSPS) is 10.5. The summed E-state index contributed by atoms with van der Waals surface area (Å²) >= 11 is 5.82. The van der Waals surface area contributed by atoms with Crippen LogP contribution in [0.25, 0.3) is 5.69 Å². The van der Waals surface area contributed by atoms with E-state index in [-0.39, 0.29) is 0 Å². The highest BCUT2D eigenvalue weighted by atomic mass is 35.5. The molecule has 0 saturated heterocycles. The second-order valence-corrected chi connectivity index (χ2v) is 3.64. The standard InChI is InChI=1S/C10H10ClN3/c1-7-4-13-14(6-7)9-3-10(11)12-5-8(9)2/h3-6H,1-2H3. The average Bonchev–Trinajstić information content (AvgIpc) is 2.56. The van der Waals surface area contributed by atoms with Crippen molar-refractivity contribution in [3.63, 3.8) is 0 Å². The lowest BCUT2D eigenvalue weighted by molar-refractivity contribution is 0.868. The molecular formula is C10H10ClN3. The summed E-state index contributed by atoms with van der Waals surface area (Å²) in [6.45, 7) is 3.98. The highest BCUT2D eigenvalue weighted by molar-refractivity contribution is 6.29. The molecule has 72 valence electrons. The molecule has 0 radical (unpaired) electrons. The Labute approximate surface area is 87.3 Å². The molecule has 2 rings (SSSR count). The first-order valence-corrected chi connectivity index (χ1v) is 4.68. The minimum absolute atomic E-state index is 0.485. The van der Waals surface area contributed by atoms with Crippen LogP contribution >= 0.6 is 11.6 Å². The molecular weight excluding hydrogens is 198 g/mol. The van der Waals surface area contributed by atoms with Gasteiger partial charge in [-0.25, -0.2) is 9.67 Å². The van der Waals surface area contributed by atoms with Gasteiger partial charge in [-0.05, 0) is 25.0 Å².